The van der Waals surface area contributed by atoms with Crippen molar-refractivity contribution in [1.82, 2.24) is 9.88 Å². The van der Waals surface area contributed by atoms with E-state index in [-0.39, 0.29) is 23.4 Å². The molecule has 6 heteroatoms. The molecule has 2 heterocycles. The Morgan fingerprint density at radius 1 is 1.06 bits per heavy atom. The third kappa shape index (κ3) is 3.80. The summed E-state index contributed by atoms with van der Waals surface area (Å²) in [5, 5.41) is 3.28. The lowest BCUT2D eigenvalue weighted by Gasteiger charge is -2.39. The van der Waals surface area contributed by atoms with Crippen LogP contribution in [0.25, 0.3) is 0 Å². The molecular formula is C25H32N4O2. The van der Waals surface area contributed by atoms with Crippen LogP contribution in [-0.4, -0.2) is 33.4 Å². The molecule has 1 saturated carbocycles. The van der Waals surface area contributed by atoms with Crippen LogP contribution >= 0.6 is 0 Å². The van der Waals surface area contributed by atoms with Gasteiger partial charge in [0, 0.05) is 18.8 Å². The molecule has 0 bridgehead atoms. The lowest BCUT2D eigenvalue weighted by Crippen LogP contribution is -2.43. The Hall–Kier alpha value is -2.89. The summed E-state index contributed by atoms with van der Waals surface area (Å²) in [7, 11) is 0. The average Bonchev–Trinajstić information content (AvgIpc) is 2.86. The van der Waals surface area contributed by atoms with E-state index in [1.165, 1.54) is 29.7 Å². The fraction of sp³-hybridized carbons (Fsp3) is 0.480. The van der Waals surface area contributed by atoms with E-state index in [4.69, 9.17) is 0 Å². The monoisotopic (exact) mass is 420 g/mol. The molecule has 0 unspecified atom stereocenters. The Kier molecular flexibility index (Phi) is 5.28. The van der Waals surface area contributed by atoms with Crippen molar-refractivity contribution in [3.05, 3.63) is 53.7 Å². The number of urea groups is 1. The van der Waals surface area contributed by atoms with Crippen LogP contribution in [0, 0.1) is 0 Å². The van der Waals surface area contributed by atoms with Gasteiger partial charge in [0.1, 0.15) is 11.4 Å². The van der Waals surface area contributed by atoms with Crippen LogP contribution in [0.1, 0.15) is 65.0 Å². The predicted molar refractivity (Wildman–Crippen MR) is 123 cm³/mol. The maximum Gasteiger partial charge on any atom is 0.332 e. The van der Waals surface area contributed by atoms with Crippen LogP contribution in [0.15, 0.2) is 42.6 Å². The highest BCUT2D eigenvalue weighted by Gasteiger charge is 2.51. The number of nitrogens with zero attached hydrogens (tertiary/aromatic N) is 3. The summed E-state index contributed by atoms with van der Waals surface area (Å²) in [4.78, 5) is 33.9. The Balaban J connectivity index is 1.57. The molecular weight excluding hydrogens is 388 g/mol. The molecule has 0 radical (unpaired) electrons. The highest BCUT2D eigenvalue weighted by atomic mass is 16.2. The van der Waals surface area contributed by atoms with Crippen LogP contribution in [0.4, 0.5) is 16.3 Å². The number of carbonyl (C=O) groups excluding carboxylic acids is 2. The van der Waals surface area contributed by atoms with Crippen LogP contribution in [0.3, 0.4) is 0 Å². The van der Waals surface area contributed by atoms with Gasteiger partial charge in [0.2, 0.25) is 0 Å². The summed E-state index contributed by atoms with van der Waals surface area (Å²) in [6.07, 6.45) is 5.36. The van der Waals surface area contributed by atoms with E-state index in [0.717, 1.165) is 11.4 Å². The molecule has 6 nitrogen and oxygen atoms in total. The molecule has 1 aliphatic heterocycles. The Labute approximate surface area is 184 Å². The lowest BCUT2D eigenvalue weighted by molar-refractivity contribution is -0.123. The molecule has 164 valence electrons. The van der Waals surface area contributed by atoms with Crippen molar-refractivity contribution >= 4 is 23.4 Å². The van der Waals surface area contributed by atoms with Crippen molar-refractivity contribution in [1.29, 1.82) is 0 Å². The fourth-order valence-corrected chi connectivity index (χ4v) is 4.47. The lowest BCUT2D eigenvalue weighted by atomic mass is 9.66. The van der Waals surface area contributed by atoms with Crippen molar-refractivity contribution in [2.45, 2.75) is 77.4 Å². The van der Waals surface area contributed by atoms with Crippen molar-refractivity contribution in [3.63, 3.8) is 0 Å². The second-order valence-electron chi connectivity index (χ2n) is 9.88. The van der Waals surface area contributed by atoms with Crippen molar-refractivity contribution < 1.29 is 9.59 Å². The summed E-state index contributed by atoms with van der Waals surface area (Å²) in [5.41, 5.74) is 2.15. The van der Waals surface area contributed by atoms with Gasteiger partial charge in [-0.3, -0.25) is 4.79 Å². The predicted octanol–water partition coefficient (Wildman–Crippen LogP) is 5.09. The molecule has 3 amide bonds. The molecule has 1 aromatic carbocycles. The summed E-state index contributed by atoms with van der Waals surface area (Å²) < 4.78 is 0. The SMILES string of the molecule is CC(C)Nc1cc(CN2C(=O)N(c3ccc(C4(C)CCC4)cc3)C(=O)C2(C)C)ccn1. The van der Waals surface area contributed by atoms with Crippen LogP contribution < -0.4 is 10.2 Å². The molecule has 1 saturated heterocycles. The second-order valence-corrected chi connectivity index (χ2v) is 9.88. The first-order valence-corrected chi connectivity index (χ1v) is 11.1. The van der Waals surface area contributed by atoms with E-state index in [0.29, 0.717) is 12.2 Å². The maximum atomic E-state index is 13.3. The Morgan fingerprint density at radius 3 is 2.32 bits per heavy atom. The molecule has 1 aromatic heterocycles. The topological polar surface area (TPSA) is 65.5 Å². The summed E-state index contributed by atoms with van der Waals surface area (Å²) in [6, 6.07) is 11.7. The fourth-order valence-electron chi connectivity index (χ4n) is 4.47. The van der Waals surface area contributed by atoms with Gasteiger partial charge in [-0.2, -0.15) is 0 Å². The molecule has 1 aliphatic carbocycles. The number of imide groups is 1. The van der Waals surface area contributed by atoms with Crippen LogP contribution in [0.5, 0.6) is 0 Å². The number of pyridine rings is 1. The third-order valence-corrected chi connectivity index (χ3v) is 6.70. The first-order valence-electron chi connectivity index (χ1n) is 11.1. The zero-order valence-electron chi connectivity index (χ0n) is 19.1. The number of aromatic nitrogens is 1. The number of rotatable bonds is 6. The summed E-state index contributed by atoms with van der Waals surface area (Å²) in [5.74, 6) is 0.565. The minimum atomic E-state index is -0.926. The minimum Gasteiger partial charge on any atom is -0.368 e. The Bertz CT molecular complexity index is 993. The smallest absolute Gasteiger partial charge is 0.332 e. The van der Waals surface area contributed by atoms with E-state index in [1.54, 1.807) is 11.1 Å². The average molecular weight is 421 g/mol. The van der Waals surface area contributed by atoms with Gasteiger partial charge in [0.25, 0.3) is 5.91 Å². The van der Waals surface area contributed by atoms with E-state index in [2.05, 4.69) is 43.2 Å². The van der Waals surface area contributed by atoms with Gasteiger partial charge in [-0.15, -0.1) is 0 Å². The highest BCUT2D eigenvalue weighted by molar-refractivity contribution is 6.22. The first kappa shape index (κ1) is 21.3. The Morgan fingerprint density at radius 2 is 1.74 bits per heavy atom. The van der Waals surface area contributed by atoms with E-state index in [9.17, 15) is 9.59 Å². The number of anilines is 2. The summed E-state index contributed by atoms with van der Waals surface area (Å²) in [6.45, 7) is 10.3. The van der Waals surface area contributed by atoms with Crippen molar-refractivity contribution in [2.24, 2.45) is 0 Å². The van der Waals surface area contributed by atoms with Gasteiger partial charge in [-0.1, -0.05) is 25.5 Å². The molecule has 1 N–H and O–H groups in total. The van der Waals surface area contributed by atoms with Crippen molar-refractivity contribution in [2.75, 3.05) is 10.2 Å². The normalized spacial score (nSPS) is 19.7. The zero-order chi connectivity index (χ0) is 22.4. The molecule has 2 aromatic rings. The van der Waals surface area contributed by atoms with Crippen LogP contribution in [0.2, 0.25) is 0 Å². The molecule has 2 aliphatic rings. The van der Waals surface area contributed by atoms with Gasteiger partial charge in [-0.25, -0.2) is 14.7 Å². The highest BCUT2D eigenvalue weighted by Crippen LogP contribution is 2.44. The number of hydrogen-bond acceptors (Lipinski definition) is 4. The zero-order valence-corrected chi connectivity index (χ0v) is 19.1. The number of benzene rings is 1. The number of hydrogen-bond donors (Lipinski definition) is 1. The van der Waals surface area contributed by atoms with E-state index >= 15 is 0 Å². The molecule has 0 spiro atoms. The van der Waals surface area contributed by atoms with Gasteiger partial charge >= 0.3 is 6.03 Å². The molecule has 0 atom stereocenters. The molecule has 4 rings (SSSR count). The quantitative estimate of drug-likeness (QED) is 0.661. The standard InChI is InChI=1S/C25H32N4O2/c1-17(2)27-21-15-18(11-14-26-21)16-28-23(31)29(22(30)24(28,3)4)20-9-7-19(8-10-20)25(5)12-6-13-25/h7-11,14-15,17H,6,12-13,16H2,1-5H3,(H,26,27). The van der Waals surface area contributed by atoms with Crippen LogP contribution in [-0.2, 0) is 16.8 Å². The maximum absolute atomic E-state index is 13.3. The molecule has 2 fully saturated rings. The number of carbonyl (C=O) groups is 2. The number of amides is 3. The van der Waals surface area contributed by atoms with Gasteiger partial charge < -0.3 is 10.2 Å². The van der Waals surface area contributed by atoms with E-state index < -0.39 is 5.54 Å². The number of nitrogens with one attached hydrogen (secondary N) is 1. The second kappa shape index (κ2) is 7.66. The summed E-state index contributed by atoms with van der Waals surface area (Å²) >= 11 is 0. The van der Waals surface area contributed by atoms with Gasteiger partial charge in [0.05, 0.1) is 5.69 Å². The minimum absolute atomic E-state index is 0.199. The van der Waals surface area contributed by atoms with E-state index in [1.807, 2.05) is 38.1 Å². The molecule has 31 heavy (non-hydrogen) atoms. The third-order valence-electron chi connectivity index (χ3n) is 6.70. The van der Waals surface area contributed by atoms with Crippen molar-refractivity contribution in [3.8, 4) is 0 Å². The van der Waals surface area contributed by atoms with Gasteiger partial charge in [-0.05, 0) is 81.3 Å². The first-order chi connectivity index (χ1) is 14.6. The largest absolute Gasteiger partial charge is 0.368 e. The van der Waals surface area contributed by atoms with Gasteiger partial charge in [0.15, 0.2) is 0 Å².